The highest BCUT2D eigenvalue weighted by Crippen LogP contribution is 2.32. The first kappa shape index (κ1) is 14.0. The van der Waals surface area contributed by atoms with Gasteiger partial charge in [-0.15, -0.1) is 0 Å². The molecule has 0 amide bonds. The Balaban J connectivity index is 2.04. The molecule has 3 atom stereocenters. The first-order chi connectivity index (χ1) is 10.2. The van der Waals surface area contributed by atoms with Gasteiger partial charge in [0.2, 0.25) is 5.95 Å². The molecule has 3 heterocycles. The van der Waals surface area contributed by atoms with E-state index in [1.807, 2.05) is 0 Å². The lowest BCUT2D eigenvalue weighted by Crippen LogP contribution is -2.24. The number of hydrogen-bond donors (Lipinski definition) is 4. The van der Waals surface area contributed by atoms with E-state index in [-0.39, 0.29) is 6.61 Å². The molecule has 9 heteroatoms. The minimum Gasteiger partial charge on any atom is -0.394 e. The molecule has 0 unspecified atom stereocenters. The molecule has 0 radical (unpaired) electrons. The number of nitrogens with zero attached hydrogens (tertiary/aromatic N) is 4. The predicted molar refractivity (Wildman–Crippen MR) is 76.0 cm³/mol. The van der Waals surface area contributed by atoms with Crippen molar-refractivity contribution in [3.05, 3.63) is 6.33 Å². The third kappa shape index (κ3) is 2.28. The first-order valence-corrected chi connectivity index (χ1v) is 6.72. The van der Waals surface area contributed by atoms with Crippen molar-refractivity contribution in [3.8, 4) is 0 Å². The number of ether oxygens (including phenoxy) is 1. The normalized spacial score (nSPS) is 25.4. The van der Waals surface area contributed by atoms with E-state index >= 15 is 0 Å². The summed E-state index contributed by atoms with van der Waals surface area (Å²) in [5.74, 6) is 1.08. The lowest BCUT2D eigenvalue weighted by atomic mass is 10.2. The van der Waals surface area contributed by atoms with Gasteiger partial charge < -0.3 is 25.6 Å². The number of aliphatic hydroxyl groups excluding tert-OH is 2. The zero-order chi connectivity index (χ0) is 15.0. The van der Waals surface area contributed by atoms with Crippen molar-refractivity contribution in [3.63, 3.8) is 0 Å². The molecule has 1 fully saturated rings. The number of imidazole rings is 1. The van der Waals surface area contributed by atoms with Gasteiger partial charge in [-0.2, -0.15) is 9.97 Å². The van der Waals surface area contributed by atoms with Crippen LogP contribution < -0.4 is 10.6 Å². The largest absolute Gasteiger partial charge is 0.394 e. The maximum atomic E-state index is 9.86. The molecule has 0 aromatic carbocycles. The number of fused-ring (bicyclic) bond motifs is 1. The van der Waals surface area contributed by atoms with E-state index in [1.54, 1.807) is 25.0 Å². The Morgan fingerprint density at radius 2 is 2.19 bits per heavy atom. The number of nitrogens with one attached hydrogen (secondary N) is 2. The van der Waals surface area contributed by atoms with Crippen molar-refractivity contribution in [1.82, 2.24) is 19.5 Å². The van der Waals surface area contributed by atoms with Gasteiger partial charge in [0, 0.05) is 20.5 Å². The van der Waals surface area contributed by atoms with Crippen molar-refractivity contribution in [1.29, 1.82) is 0 Å². The molecule has 0 bridgehead atoms. The van der Waals surface area contributed by atoms with Crippen molar-refractivity contribution in [2.75, 3.05) is 31.3 Å². The average Bonchev–Trinajstić information content (AvgIpc) is 3.08. The maximum absolute atomic E-state index is 9.86. The van der Waals surface area contributed by atoms with Gasteiger partial charge >= 0.3 is 0 Å². The summed E-state index contributed by atoms with van der Waals surface area (Å²) in [6.45, 7) is -0.219. The third-order valence-electron chi connectivity index (χ3n) is 3.58. The second kappa shape index (κ2) is 5.43. The molecule has 1 aliphatic rings. The molecule has 21 heavy (non-hydrogen) atoms. The Labute approximate surface area is 121 Å². The molecule has 2 aromatic heterocycles. The zero-order valence-electron chi connectivity index (χ0n) is 11.8. The zero-order valence-corrected chi connectivity index (χ0v) is 11.8. The molecule has 2 aromatic rings. The molecule has 0 aliphatic carbocycles. The van der Waals surface area contributed by atoms with Crippen LogP contribution in [0.5, 0.6) is 0 Å². The molecule has 0 spiro atoms. The highest BCUT2D eigenvalue weighted by Gasteiger charge is 2.35. The fourth-order valence-corrected chi connectivity index (χ4v) is 2.46. The second-order valence-electron chi connectivity index (χ2n) is 4.83. The summed E-state index contributed by atoms with van der Waals surface area (Å²) in [6.07, 6.45) is 0.293. The van der Waals surface area contributed by atoms with Crippen LogP contribution >= 0.6 is 0 Å². The van der Waals surface area contributed by atoms with Crippen LogP contribution in [0.25, 0.3) is 11.2 Å². The summed E-state index contributed by atoms with van der Waals surface area (Å²) < 4.78 is 7.39. The Morgan fingerprint density at radius 3 is 2.81 bits per heavy atom. The second-order valence-corrected chi connectivity index (χ2v) is 4.83. The number of aromatic nitrogens is 4. The summed E-state index contributed by atoms with van der Waals surface area (Å²) in [6, 6.07) is 0. The highest BCUT2D eigenvalue weighted by atomic mass is 16.5. The Bertz CT molecular complexity index is 645. The molecule has 1 aliphatic heterocycles. The molecule has 9 nitrogen and oxygen atoms in total. The van der Waals surface area contributed by atoms with Gasteiger partial charge in [-0.3, -0.25) is 4.57 Å². The molecular weight excluding hydrogens is 276 g/mol. The van der Waals surface area contributed by atoms with Gasteiger partial charge in [-0.1, -0.05) is 0 Å². The molecule has 114 valence electrons. The van der Waals surface area contributed by atoms with Crippen LogP contribution in [0, 0.1) is 0 Å². The number of aliphatic hydroxyl groups is 2. The summed E-state index contributed by atoms with van der Waals surface area (Å²) in [5.41, 5.74) is 1.23. The average molecular weight is 294 g/mol. The SMILES string of the molecule is CNc1nc(NC)c2ncn([C@H]3C[C@H](O)[C@@H](CO)O3)c2n1. The quantitative estimate of drug-likeness (QED) is 0.599. The minimum atomic E-state index is -0.702. The van der Waals surface area contributed by atoms with E-state index < -0.39 is 18.4 Å². The van der Waals surface area contributed by atoms with E-state index in [9.17, 15) is 10.2 Å². The highest BCUT2D eigenvalue weighted by molar-refractivity contribution is 5.84. The van der Waals surface area contributed by atoms with Crippen molar-refractivity contribution in [2.45, 2.75) is 24.9 Å². The summed E-state index contributed by atoms with van der Waals surface area (Å²) >= 11 is 0. The Hall–Kier alpha value is -1.97. The first-order valence-electron chi connectivity index (χ1n) is 6.72. The van der Waals surface area contributed by atoms with Gasteiger partial charge in [0.05, 0.1) is 19.0 Å². The molecule has 0 saturated carbocycles. The Morgan fingerprint density at radius 1 is 1.38 bits per heavy atom. The minimum absolute atomic E-state index is 0.219. The van der Waals surface area contributed by atoms with E-state index in [4.69, 9.17) is 4.74 Å². The van der Waals surface area contributed by atoms with Crippen LogP contribution in [0.15, 0.2) is 6.33 Å². The monoisotopic (exact) mass is 294 g/mol. The lowest BCUT2D eigenvalue weighted by molar-refractivity contribution is -0.0432. The van der Waals surface area contributed by atoms with Crippen LogP contribution in [-0.4, -0.2) is 62.6 Å². The van der Waals surface area contributed by atoms with Crippen LogP contribution in [0.3, 0.4) is 0 Å². The molecule has 1 saturated heterocycles. The van der Waals surface area contributed by atoms with Gasteiger partial charge in [0.1, 0.15) is 12.3 Å². The van der Waals surface area contributed by atoms with E-state index in [1.165, 1.54) is 0 Å². The van der Waals surface area contributed by atoms with Gasteiger partial charge in [-0.25, -0.2) is 4.98 Å². The standard InChI is InChI=1S/C12H18N6O3/c1-13-10-9-11(17-12(14-2)16-10)18(5-15-9)8-3-6(20)7(4-19)21-8/h5-8,19-20H,3-4H2,1-2H3,(H2,13,14,16,17)/t6-,7+,8+/m0/s1. The molecule has 3 rings (SSSR count). The van der Waals surface area contributed by atoms with Crippen molar-refractivity contribution >= 4 is 22.9 Å². The van der Waals surface area contributed by atoms with Crippen molar-refractivity contribution < 1.29 is 14.9 Å². The number of hydrogen-bond acceptors (Lipinski definition) is 8. The van der Waals surface area contributed by atoms with E-state index in [0.29, 0.717) is 29.4 Å². The predicted octanol–water partition coefficient (Wildman–Crippen LogP) is -0.450. The number of anilines is 2. The summed E-state index contributed by atoms with van der Waals surface area (Å²) in [5, 5.41) is 24.9. The van der Waals surface area contributed by atoms with Gasteiger partial charge in [0.25, 0.3) is 0 Å². The molecular formula is C12H18N6O3. The fourth-order valence-electron chi connectivity index (χ4n) is 2.46. The van der Waals surface area contributed by atoms with Crippen molar-refractivity contribution in [2.24, 2.45) is 0 Å². The van der Waals surface area contributed by atoms with Crippen LogP contribution in [0.1, 0.15) is 12.6 Å². The third-order valence-corrected chi connectivity index (χ3v) is 3.58. The van der Waals surface area contributed by atoms with Crippen LogP contribution in [0.4, 0.5) is 11.8 Å². The summed E-state index contributed by atoms with van der Waals surface area (Å²) in [7, 11) is 3.50. The van der Waals surface area contributed by atoms with Crippen LogP contribution in [-0.2, 0) is 4.74 Å². The summed E-state index contributed by atoms with van der Waals surface area (Å²) in [4.78, 5) is 13.0. The lowest BCUT2D eigenvalue weighted by Gasteiger charge is -2.14. The Kier molecular flexibility index (Phi) is 3.62. The fraction of sp³-hybridized carbons (Fsp3) is 0.583. The number of rotatable bonds is 4. The molecule has 4 N–H and O–H groups in total. The van der Waals surface area contributed by atoms with E-state index in [2.05, 4.69) is 25.6 Å². The topological polar surface area (TPSA) is 117 Å². The van der Waals surface area contributed by atoms with E-state index in [0.717, 1.165) is 0 Å². The smallest absolute Gasteiger partial charge is 0.226 e. The van der Waals surface area contributed by atoms with Gasteiger partial charge in [-0.05, 0) is 0 Å². The maximum Gasteiger partial charge on any atom is 0.226 e. The van der Waals surface area contributed by atoms with Crippen LogP contribution in [0.2, 0.25) is 0 Å². The van der Waals surface area contributed by atoms with Gasteiger partial charge in [0.15, 0.2) is 17.0 Å².